The third kappa shape index (κ3) is 2.28. The molecule has 0 saturated carbocycles. The molecular weight excluding hydrogens is 304 g/mol. The molecule has 90 valence electrons. The van der Waals surface area contributed by atoms with Crippen LogP contribution in [0.4, 0.5) is 0 Å². The van der Waals surface area contributed by atoms with Crippen LogP contribution in [-0.4, -0.2) is 17.6 Å². The molecule has 0 aliphatic carbocycles. The van der Waals surface area contributed by atoms with Crippen LogP contribution < -0.4 is 0 Å². The molecule has 0 N–H and O–H groups in total. The monoisotopic (exact) mass is 314 g/mol. The Morgan fingerprint density at radius 1 is 1.18 bits per heavy atom. The second kappa shape index (κ2) is 4.27. The number of hydrogen-bond donors (Lipinski definition) is 0. The van der Waals surface area contributed by atoms with Crippen LogP contribution in [0.2, 0.25) is 0 Å². The Kier molecular flexibility index (Phi) is 3.09. The van der Waals surface area contributed by atoms with Crippen LogP contribution >= 0.6 is 15.9 Å². The van der Waals surface area contributed by atoms with Crippen molar-refractivity contribution in [3.63, 3.8) is 0 Å². The van der Waals surface area contributed by atoms with Gasteiger partial charge in [-0.3, -0.25) is 0 Å². The molecule has 0 atom stereocenters. The summed E-state index contributed by atoms with van der Waals surface area (Å²) in [4.78, 5) is 0.234. The minimum Gasteiger partial charge on any atom is -0.199 e. The van der Waals surface area contributed by atoms with Gasteiger partial charge in [-0.1, -0.05) is 17.7 Å². The first kappa shape index (κ1) is 12.3. The third-order valence-electron chi connectivity index (χ3n) is 2.38. The molecule has 0 aliphatic heterocycles. The molecule has 0 amide bonds. The van der Waals surface area contributed by atoms with Crippen LogP contribution in [-0.2, 0) is 10.0 Å². The highest BCUT2D eigenvalue weighted by Crippen LogP contribution is 2.19. The highest BCUT2D eigenvalue weighted by atomic mass is 79.9. The van der Waals surface area contributed by atoms with Crippen molar-refractivity contribution in [2.75, 3.05) is 0 Å². The molecule has 1 aromatic carbocycles. The lowest BCUT2D eigenvalue weighted by Gasteiger charge is -2.04. The normalized spacial score (nSPS) is 11.7. The van der Waals surface area contributed by atoms with Crippen LogP contribution in [0.3, 0.4) is 0 Å². The maximum Gasteiger partial charge on any atom is 0.282 e. The van der Waals surface area contributed by atoms with E-state index in [1.54, 1.807) is 31.2 Å². The Labute approximate surface area is 108 Å². The van der Waals surface area contributed by atoms with E-state index >= 15 is 0 Å². The van der Waals surface area contributed by atoms with Crippen LogP contribution in [0, 0.1) is 13.8 Å². The summed E-state index contributed by atoms with van der Waals surface area (Å²) in [6.07, 6.45) is 1.45. The Morgan fingerprint density at radius 3 is 2.24 bits per heavy atom. The Hall–Kier alpha value is -1.14. The Morgan fingerprint density at radius 2 is 1.76 bits per heavy atom. The molecule has 2 rings (SSSR count). The van der Waals surface area contributed by atoms with Crippen molar-refractivity contribution < 1.29 is 8.42 Å². The topological polar surface area (TPSA) is 52.0 Å². The minimum atomic E-state index is -3.58. The average molecular weight is 315 g/mol. The lowest BCUT2D eigenvalue weighted by molar-refractivity contribution is 0.579. The first-order valence-electron chi connectivity index (χ1n) is 4.95. The van der Waals surface area contributed by atoms with Crippen molar-refractivity contribution in [2.24, 2.45) is 0 Å². The maximum atomic E-state index is 12.2. The van der Waals surface area contributed by atoms with Gasteiger partial charge in [0.05, 0.1) is 21.3 Å². The molecule has 1 aromatic heterocycles. The molecule has 0 saturated heterocycles. The van der Waals surface area contributed by atoms with Gasteiger partial charge < -0.3 is 0 Å². The molecule has 17 heavy (non-hydrogen) atoms. The van der Waals surface area contributed by atoms with Gasteiger partial charge in [0.15, 0.2) is 0 Å². The lowest BCUT2D eigenvalue weighted by Crippen LogP contribution is -2.13. The molecule has 4 nitrogen and oxygen atoms in total. The lowest BCUT2D eigenvalue weighted by atomic mass is 10.2. The van der Waals surface area contributed by atoms with E-state index in [0.717, 1.165) is 9.65 Å². The standard InChI is InChI=1S/C11H11BrN2O2S/c1-8-3-5-10(6-4-8)17(15,16)14-7-11(12)9(2)13-14/h3-7H,1-2H3. The molecule has 0 aliphatic rings. The number of nitrogens with zero attached hydrogens (tertiary/aromatic N) is 2. The van der Waals surface area contributed by atoms with Crippen molar-refractivity contribution in [2.45, 2.75) is 18.7 Å². The fraction of sp³-hybridized carbons (Fsp3) is 0.182. The molecule has 1 heterocycles. The van der Waals surface area contributed by atoms with Crippen molar-refractivity contribution in [1.29, 1.82) is 0 Å². The zero-order chi connectivity index (χ0) is 12.6. The third-order valence-corrected chi connectivity index (χ3v) is 4.71. The summed E-state index contributed by atoms with van der Waals surface area (Å²) in [7, 11) is -3.58. The highest BCUT2D eigenvalue weighted by molar-refractivity contribution is 9.10. The fourth-order valence-electron chi connectivity index (χ4n) is 1.36. The Balaban J connectivity index is 2.53. The largest absolute Gasteiger partial charge is 0.282 e. The SMILES string of the molecule is Cc1ccc(S(=O)(=O)n2cc(Br)c(C)n2)cc1. The minimum absolute atomic E-state index is 0.234. The van der Waals surface area contributed by atoms with E-state index in [0.29, 0.717) is 10.2 Å². The molecule has 2 aromatic rings. The van der Waals surface area contributed by atoms with Crippen molar-refractivity contribution in [1.82, 2.24) is 9.19 Å². The van der Waals surface area contributed by atoms with Crippen molar-refractivity contribution in [3.05, 3.63) is 46.2 Å². The average Bonchev–Trinajstić information content (AvgIpc) is 2.60. The van der Waals surface area contributed by atoms with E-state index in [-0.39, 0.29) is 4.90 Å². The van der Waals surface area contributed by atoms with Gasteiger partial charge in [0.1, 0.15) is 0 Å². The maximum absolute atomic E-state index is 12.2. The summed E-state index contributed by atoms with van der Waals surface area (Å²) in [6.45, 7) is 3.65. The number of rotatable bonds is 2. The van der Waals surface area contributed by atoms with E-state index in [1.807, 2.05) is 6.92 Å². The van der Waals surface area contributed by atoms with Gasteiger partial charge >= 0.3 is 0 Å². The Bertz CT molecular complexity index is 625. The van der Waals surface area contributed by atoms with Gasteiger partial charge in [-0.15, -0.1) is 0 Å². The zero-order valence-electron chi connectivity index (χ0n) is 9.38. The van der Waals surface area contributed by atoms with E-state index in [4.69, 9.17) is 0 Å². The predicted octanol–water partition coefficient (Wildman–Crippen LogP) is 2.50. The van der Waals surface area contributed by atoms with E-state index in [9.17, 15) is 8.42 Å². The molecular formula is C11H11BrN2O2S. The second-order valence-corrected chi connectivity index (χ2v) is 6.40. The zero-order valence-corrected chi connectivity index (χ0v) is 11.8. The van der Waals surface area contributed by atoms with Crippen LogP contribution in [0.5, 0.6) is 0 Å². The van der Waals surface area contributed by atoms with Crippen molar-refractivity contribution in [3.8, 4) is 0 Å². The molecule has 0 radical (unpaired) electrons. The van der Waals surface area contributed by atoms with Gasteiger partial charge in [0.25, 0.3) is 10.0 Å². The van der Waals surface area contributed by atoms with Gasteiger partial charge in [0.2, 0.25) is 0 Å². The number of hydrogen-bond acceptors (Lipinski definition) is 3. The number of aryl methyl sites for hydroxylation is 2. The second-order valence-electron chi connectivity index (χ2n) is 3.75. The summed E-state index contributed by atoms with van der Waals surface area (Å²) in [5, 5.41) is 3.96. The number of halogens is 1. The predicted molar refractivity (Wildman–Crippen MR) is 68.4 cm³/mol. The summed E-state index contributed by atoms with van der Waals surface area (Å²) >= 11 is 3.24. The van der Waals surface area contributed by atoms with Crippen LogP contribution in [0.25, 0.3) is 0 Å². The molecule has 0 unspecified atom stereocenters. The molecule has 0 bridgehead atoms. The smallest absolute Gasteiger partial charge is 0.199 e. The summed E-state index contributed by atoms with van der Waals surface area (Å²) in [5.74, 6) is 0. The highest BCUT2D eigenvalue weighted by Gasteiger charge is 2.18. The summed E-state index contributed by atoms with van der Waals surface area (Å²) in [6, 6.07) is 6.68. The first-order chi connectivity index (χ1) is 7.91. The van der Waals surface area contributed by atoms with E-state index in [2.05, 4.69) is 21.0 Å². The summed E-state index contributed by atoms with van der Waals surface area (Å²) in [5.41, 5.74) is 1.66. The number of benzene rings is 1. The molecule has 6 heteroatoms. The van der Waals surface area contributed by atoms with Gasteiger partial charge in [-0.05, 0) is 41.9 Å². The van der Waals surface area contributed by atoms with Crippen LogP contribution in [0.15, 0.2) is 39.8 Å². The van der Waals surface area contributed by atoms with Gasteiger partial charge in [-0.25, -0.2) is 0 Å². The quantitative estimate of drug-likeness (QED) is 0.855. The first-order valence-corrected chi connectivity index (χ1v) is 7.18. The molecule has 0 fully saturated rings. The fourth-order valence-corrected chi connectivity index (χ4v) is 2.94. The van der Waals surface area contributed by atoms with Gasteiger partial charge in [-0.2, -0.15) is 17.6 Å². The van der Waals surface area contributed by atoms with E-state index in [1.165, 1.54) is 6.20 Å². The van der Waals surface area contributed by atoms with Crippen molar-refractivity contribution >= 4 is 26.0 Å². The van der Waals surface area contributed by atoms with Gasteiger partial charge in [0, 0.05) is 0 Å². The molecule has 0 spiro atoms. The number of aromatic nitrogens is 2. The summed E-state index contributed by atoms with van der Waals surface area (Å²) < 4.78 is 26.0. The van der Waals surface area contributed by atoms with E-state index < -0.39 is 10.0 Å². The van der Waals surface area contributed by atoms with Crippen LogP contribution in [0.1, 0.15) is 11.3 Å².